The van der Waals surface area contributed by atoms with Crippen molar-refractivity contribution in [1.29, 1.82) is 0 Å². The molecule has 23 heavy (non-hydrogen) atoms. The minimum absolute atomic E-state index is 0.00897. The van der Waals surface area contributed by atoms with Crippen LogP contribution in [0.1, 0.15) is 56.3 Å². The molecule has 0 amide bonds. The van der Waals surface area contributed by atoms with Gasteiger partial charge >= 0.3 is 5.97 Å². The number of ether oxygens (including phenoxy) is 1. The fourth-order valence-corrected chi connectivity index (χ4v) is 5.04. The van der Waals surface area contributed by atoms with E-state index in [9.17, 15) is 9.59 Å². The largest absolute Gasteiger partial charge is 0.458 e. The summed E-state index contributed by atoms with van der Waals surface area (Å²) in [6.45, 7) is 4.34. The molecule has 0 unspecified atom stereocenters. The summed E-state index contributed by atoms with van der Waals surface area (Å²) >= 11 is 0. The lowest BCUT2D eigenvalue weighted by Gasteiger charge is -2.45. The van der Waals surface area contributed by atoms with Crippen molar-refractivity contribution >= 4 is 12.3 Å². The molecule has 1 aromatic rings. The standard InChI is InChI=1S/C20H26O3/c1-14(13-21)16-10-11-17-18(9-6-12-20(16,17)2)23-19(22)15-7-4-3-5-8-15/h3-5,7-8,13-14,16-18H,6,9-12H2,1-2H3/t14-,16+,17+,18+,20-/m1/s1. The molecule has 5 atom stereocenters. The second-order valence-electron chi connectivity index (χ2n) is 7.49. The van der Waals surface area contributed by atoms with Crippen LogP contribution in [0.2, 0.25) is 0 Å². The third-order valence-corrected chi connectivity index (χ3v) is 6.25. The molecule has 0 aromatic heterocycles. The molecule has 3 heteroatoms. The predicted molar refractivity (Wildman–Crippen MR) is 89.0 cm³/mol. The van der Waals surface area contributed by atoms with Crippen molar-refractivity contribution in [1.82, 2.24) is 0 Å². The lowest BCUT2D eigenvalue weighted by atomic mass is 9.62. The van der Waals surface area contributed by atoms with E-state index in [1.165, 1.54) is 0 Å². The van der Waals surface area contributed by atoms with Gasteiger partial charge in [0, 0.05) is 11.8 Å². The summed E-state index contributed by atoms with van der Waals surface area (Å²) in [4.78, 5) is 23.7. The smallest absolute Gasteiger partial charge is 0.338 e. The van der Waals surface area contributed by atoms with Crippen molar-refractivity contribution in [3.63, 3.8) is 0 Å². The highest BCUT2D eigenvalue weighted by Crippen LogP contribution is 2.58. The van der Waals surface area contributed by atoms with Crippen LogP contribution in [0.15, 0.2) is 30.3 Å². The number of carbonyl (C=O) groups excluding carboxylic acids is 2. The van der Waals surface area contributed by atoms with Gasteiger partial charge < -0.3 is 9.53 Å². The number of esters is 1. The Hall–Kier alpha value is -1.64. The van der Waals surface area contributed by atoms with Gasteiger partial charge in [-0.3, -0.25) is 0 Å². The van der Waals surface area contributed by atoms with E-state index in [1.807, 2.05) is 25.1 Å². The maximum atomic E-state index is 12.4. The SMILES string of the molecule is C[C@H](C=O)[C@@H]1CC[C@H]2[C@@H](OC(=O)c3ccccc3)CCC[C@]12C. The molecule has 2 saturated carbocycles. The van der Waals surface area contributed by atoms with Gasteiger partial charge in [-0.2, -0.15) is 0 Å². The molecule has 2 fully saturated rings. The van der Waals surface area contributed by atoms with E-state index < -0.39 is 0 Å². The highest BCUT2D eigenvalue weighted by molar-refractivity contribution is 5.89. The first kappa shape index (κ1) is 16.2. The zero-order chi connectivity index (χ0) is 16.4. The van der Waals surface area contributed by atoms with Crippen molar-refractivity contribution < 1.29 is 14.3 Å². The normalized spacial score (nSPS) is 34.4. The van der Waals surface area contributed by atoms with Crippen LogP contribution in [0.3, 0.4) is 0 Å². The zero-order valence-corrected chi connectivity index (χ0v) is 14.0. The topological polar surface area (TPSA) is 43.4 Å². The number of hydrogen-bond donors (Lipinski definition) is 0. The molecule has 2 aliphatic carbocycles. The number of benzene rings is 1. The molecule has 124 valence electrons. The summed E-state index contributed by atoms with van der Waals surface area (Å²) < 4.78 is 5.89. The molecular formula is C20H26O3. The van der Waals surface area contributed by atoms with Gasteiger partial charge in [0.25, 0.3) is 0 Å². The Bertz CT molecular complexity index is 568. The van der Waals surface area contributed by atoms with Crippen LogP contribution in [0.5, 0.6) is 0 Å². The first-order chi connectivity index (χ1) is 11.1. The third-order valence-electron chi connectivity index (χ3n) is 6.25. The van der Waals surface area contributed by atoms with Gasteiger partial charge in [0.15, 0.2) is 0 Å². The van der Waals surface area contributed by atoms with Crippen LogP contribution in [0.25, 0.3) is 0 Å². The van der Waals surface area contributed by atoms with Crippen molar-refractivity contribution in [2.45, 2.75) is 52.1 Å². The predicted octanol–water partition coefficient (Wildman–Crippen LogP) is 4.26. The summed E-state index contributed by atoms with van der Waals surface area (Å²) in [5, 5.41) is 0. The molecule has 0 saturated heterocycles. The van der Waals surface area contributed by atoms with E-state index in [2.05, 4.69) is 6.92 Å². The van der Waals surface area contributed by atoms with Crippen LogP contribution in [0, 0.1) is 23.2 Å². The summed E-state index contributed by atoms with van der Waals surface area (Å²) in [7, 11) is 0. The molecule has 2 aliphatic rings. The van der Waals surface area contributed by atoms with Gasteiger partial charge in [0.1, 0.15) is 12.4 Å². The number of aldehydes is 1. The number of fused-ring (bicyclic) bond motifs is 1. The summed E-state index contributed by atoms with van der Waals surface area (Å²) in [6, 6.07) is 9.22. The van der Waals surface area contributed by atoms with Crippen molar-refractivity contribution in [3.8, 4) is 0 Å². The van der Waals surface area contributed by atoms with E-state index >= 15 is 0 Å². The lowest BCUT2D eigenvalue weighted by molar-refractivity contribution is -0.114. The summed E-state index contributed by atoms with van der Waals surface area (Å²) in [5.74, 6) is 0.680. The maximum absolute atomic E-state index is 12.4. The van der Waals surface area contributed by atoms with Gasteiger partial charge in [-0.1, -0.05) is 32.0 Å². The van der Waals surface area contributed by atoms with Crippen LogP contribution in [-0.2, 0) is 9.53 Å². The van der Waals surface area contributed by atoms with E-state index in [0.717, 1.165) is 38.4 Å². The third kappa shape index (κ3) is 2.93. The Kier molecular flexibility index (Phi) is 4.56. The summed E-state index contributed by atoms with van der Waals surface area (Å²) in [5.41, 5.74) is 0.746. The molecule has 3 nitrogen and oxygen atoms in total. The van der Waals surface area contributed by atoms with Crippen LogP contribution in [-0.4, -0.2) is 18.4 Å². The first-order valence-corrected chi connectivity index (χ1v) is 8.77. The maximum Gasteiger partial charge on any atom is 0.338 e. The minimum atomic E-state index is -0.216. The lowest BCUT2D eigenvalue weighted by Crippen LogP contribution is -2.43. The second-order valence-corrected chi connectivity index (χ2v) is 7.49. The zero-order valence-electron chi connectivity index (χ0n) is 14.0. The van der Waals surface area contributed by atoms with Crippen molar-refractivity contribution in [2.24, 2.45) is 23.2 Å². The van der Waals surface area contributed by atoms with Crippen molar-refractivity contribution in [2.75, 3.05) is 0 Å². The highest BCUT2D eigenvalue weighted by Gasteiger charge is 2.53. The fourth-order valence-electron chi connectivity index (χ4n) is 5.04. The Morgan fingerprint density at radius 1 is 1.26 bits per heavy atom. The first-order valence-electron chi connectivity index (χ1n) is 8.77. The van der Waals surface area contributed by atoms with Gasteiger partial charge in [-0.25, -0.2) is 4.79 Å². The molecule has 0 bridgehead atoms. The Morgan fingerprint density at radius 2 is 2.00 bits per heavy atom. The average Bonchev–Trinajstić information content (AvgIpc) is 2.93. The van der Waals surface area contributed by atoms with E-state index in [-0.39, 0.29) is 23.4 Å². The van der Waals surface area contributed by atoms with Gasteiger partial charge in [-0.05, 0) is 55.6 Å². The molecule has 0 aliphatic heterocycles. The number of rotatable bonds is 4. The van der Waals surface area contributed by atoms with Crippen LogP contribution < -0.4 is 0 Å². The number of hydrogen-bond acceptors (Lipinski definition) is 3. The monoisotopic (exact) mass is 314 g/mol. The van der Waals surface area contributed by atoms with Crippen LogP contribution in [0.4, 0.5) is 0 Å². The molecule has 1 aromatic carbocycles. The van der Waals surface area contributed by atoms with E-state index in [1.54, 1.807) is 12.1 Å². The molecule has 0 radical (unpaired) electrons. The molecule has 3 rings (SSSR count). The second kappa shape index (κ2) is 6.46. The fraction of sp³-hybridized carbons (Fsp3) is 0.600. The van der Waals surface area contributed by atoms with Crippen molar-refractivity contribution in [3.05, 3.63) is 35.9 Å². The Balaban J connectivity index is 1.75. The Morgan fingerprint density at radius 3 is 2.70 bits per heavy atom. The Labute approximate surface area is 138 Å². The summed E-state index contributed by atoms with van der Waals surface area (Å²) in [6.07, 6.45) is 6.37. The van der Waals surface area contributed by atoms with Crippen LogP contribution >= 0.6 is 0 Å². The minimum Gasteiger partial charge on any atom is -0.458 e. The molecular weight excluding hydrogens is 288 g/mol. The van der Waals surface area contributed by atoms with Gasteiger partial charge in [0.2, 0.25) is 0 Å². The molecule has 0 heterocycles. The number of carbonyl (C=O) groups is 2. The van der Waals surface area contributed by atoms with Gasteiger partial charge in [-0.15, -0.1) is 0 Å². The molecule has 0 N–H and O–H groups in total. The van der Waals surface area contributed by atoms with Gasteiger partial charge in [0.05, 0.1) is 5.56 Å². The average molecular weight is 314 g/mol. The quantitative estimate of drug-likeness (QED) is 0.616. The molecule has 0 spiro atoms. The highest BCUT2D eigenvalue weighted by atomic mass is 16.5. The van der Waals surface area contributed by atoms with E-state index in [4.69, 9.17) is 4.74 Å². The van der Waals surface area contributed by atoms with E-state index in [0.29, 0.717) is 17.4 Å².